The van der Waals surface area contributed by atoms with E-state index in [1.54, 1.807) is 12.1 Å². The standard InChI is InChI=1S/C13H20N2O4S/c1-9-5-12(14)13(6-10(9)2)20(17,18)15-3-4-19-8-11(15)7-16/h5-6,11,16H,3-4,7-8,14H2,1-2H3. The maximum atomic E-state index is 12.7. The molecule has 1 unspecified atom stereocenters. The third-order valence-corrected chi connectivity index (χ3v) is 5.60. The van der Waals surface area contributed by atoms with Gasteiger partial charge in [-0.25, -0.2) is 8.42 Å². The first kappa shape index (κ1) is 15.2. The van der Waals surface area contributed by atoms with Crippen LogP contribution in [0.3, 0.4) is 0 Å². The quantitative estimate of drug-likeness (QED) is 0.782. The second-order valence-corrected chi connectivity index (χ2v) is 6.86. The Bertz CT molecular complexity index is 601. The topological polar surface area (TPSA) is 92.9 Å². The van der Waals surface area contributed by atoms with Crippen LogP contribution in [0.15, 0.2) is 17.0 Å². The lowest BCUT2D eigenvalue weighted by molar-refractivity contribution is 0.0109. The number of nitrogen functional groups attached to an aromatic ring is 1. The number of rotatable bonds is 3. The van der Waals surface area contributed by atoms with Gasteiger partial charge in [0.15, 0.2) is 0 Å². The minimum atomic E-state index is -3.72. The molecular weight excluding hydrogens is 280 g/mol. The highest BCUT2D eigenvalue weighted by Crippen LogP contribution is 2.27. The lowest BCUT2D eigenvalue weighted by Gasteiger charge is -2.33. The highest BCUT2D eigenvalue weighted by atomic mass is 32.2. The van der Waals surface area contributed by atoms with Gasteiger partial charge in [-0.2, -0.15) is 4.31 Å². The Balaban J connectivity index is 2.46. The second kappa shape index (κ2) is 5.69. The summed E-state index contributed by atoms with van der Waals surface area (Å²) in [5.41, 5.74) is 7.92. The summed E-state index contributed by atoms with van der Waals surface area (Å²) < 4.78 is 31.9. The van der Waals surface area contributed by atoms with E-state index in [0.29, 0.717) is 6.61 Å². The summed E-state index contributed by atoms with van der Waals surface area (Å²) in [4.78, 5) is 0.0981. The summed E-state index contributed by atoms with van der Waals surface area (Å²) in [6.45, 7) is 4.19. The molecule has 0 amide bonds. The van der Waals surface area contributed by atoms with Crippen LogP contribution < -0.4 is 5.73 Å². The van der Waals surface area contributed by atoms with Crippen LogP contribution >= 0.6 is 0 Å². The smallest absolute Gasteiger partial charge is 0.245 e. The third-order valence-electron chi connectivity index (χ3n) is 3.60. The first-order valence-corrected chi connectivity index (χ1v) is 7.89. The summed E-state index contributed by atoms with van der Waals surface area (Å²) >= 11 is 0. The molecule has 0 radical (unpaired) electrons. The van der Waals surface area contributed by atoms with Crippen LogP contribution in [0.2, 0.25) is 0 Å². The minimum Gasteiger partial charge on any atom is -0.398 e. The van der Waals surface area contributed by atoms with Gasteiger partial charge in [0, 0.05) is 6.54 Å². The number of hydrogen-bond donors (Lipinski definition) is 2. The van der Waals surface area contributed by atoms with E-state index in [1.165, 1.54) is 4.31 Å². The van der Waals surface area contributed by atoms with Crippen molar-refractivity contribution < 1.29 is 18.3 Å². The Morgan fingerprint density at radius 1 is 1.40 bits per heavy atom. The Hall–Kier alpha value is -1.15. The molecule has 112 valence electrons. The second-order valence-electron chi connectivity index (χ2n) is 5.00. The number of morpholine rings is 1. The van der Waals surface area contributed by atoms with Crippen LogP contribution in [0, 0.1) is 13.8 Å². The van der Waals surface area contributed by atoms with Crippen LogP contribution in [0.1, 0.15) is 11.1 Å². The maximum Gasteiger partial charge on any atom is 0.245 e. The first-order valence-electron chi connectivity index (χ1n) is 6.45. The summed E-state index contributed by atoms with van der Waals surface area (Å²) in [5.74, 6) is 0. The Morgan fingerprint density at radius 2 is 2.05 bits per heavy atom. The van der Waals surface area contributed by atoms with Gasteiger partial charge in [-0.3, -0.25) is 0 Å². The van der Waals surface area contributed by atoms with Gasteiger partial charge in [-0.15, -0.1) is 0 Å². The van der Waals surface area contributed by atoms with Crippen molar-refractivity contribution in [3.63, 3.8) is 0 Å². The molecule has 1 atom stereocenters. The SMILES string of the molecule is Cc1cc(N)c(S(=O)(=O)N2CCOCC2CO)cc1C. The van der Waals surface area contributed by atoms with Gasteiger partial charge in [0.1, 0.15) is 4.90 Å². The van der Waals surface area contributed by atoms with Crippen molar-refractivity contribution in [1.29, 1.82) is 0 Å². The number of aryl methyl sites for hydroxylation is 2. The summed E-state index contributed by atoms with van der Waals surface area (Å²) in [5, 5.41) is 9.32. The van der Waals surface area contributed by atoms with Crippen molar-refractivity contribution in [1.82, 2.24) is 4.31 Å². The number of sulfonamides is 1. The molecule has 1 aliphatic rings. The molecule has 3 N–H and O–H groups in total. The average Bonchev–Trinajstić information content (AvgIpc) is 2.42. The summed E-state index contributed by atoms with van der Waals surface area (Å²) in [6, 6.07) is 2.69. The van der Waals surface area contributed by atoms with Crippen molar-refractivity contribution in [3.8, 4) is 0 Å². The molecule has 0 aromatic heterocycles. The normalized spacial score (nSPS) is 21.1. The molecule has 1 saturated heterocycles. The fourth-order valence-corrected chi connectivity index (χ4v) is 4.03. The zero-order chi connectivity index (χ0) is 14.9. The van der Waals surface area contributed by atoms with Crippen molar-refractivity contribution in [2.75, 3.05) is 32.1 Å². The fraction of sp³-hybridized carbons (Fsp3) is 0.538. The van der Waals surface area contributed by atoms with Crippen LogP contribution in [-0.2, 0) is 14.8 Å². The van der Waals surface area contributed by atoms with Gasteiger partial charge in [0.2, 0.25) is 10.0 Å². The number of ether oxygens (including phenoxy) is 1. The van der Waals surface area contributed by atoms with E-state index >= 15 is 0 Å². The molecule has 1 fully saturated rings. The van der Waals surface area contributed by atoms with E-state index in [9.17, 15) is 13.5 Å². The lowest BCUT2D eigenvalue weighted by atomic mass is 10.1. The zero-order valence-corrected chi connectivity index (χ0v) is 12.5. The number of benzene rings is 1. The van der Waals surface area contributed by atoms with E-state index in [-0.39, 0.29) is 30.3 Å². The zero-order valence-electron chi connectivity index (χ0n) is 11.7. The molecular formula is C13H20N2O4S. The molecule has 0 saturated carbocycles. The lowest BCUT2D eigenvalue weighted by Crippen LogP contribution is -2.50. The average molecular weight is 300 g/mol. The molecule has 7 heteroatoms. The van der Waals surface area contributed by atoms with E-state index in [2.05, 4.69) is 0 Å². The van der Waals surface area contributed by atoms with Crippen molar-refractivity contribution in [3.05, 3.63) is 23.3 Å². The van der Waals surface area contributed by atoms with Crippen LogP contribution in [0.25, 0.3) is 0 Å². The van der Waals surface area contributed by atoms with E-state index < -0.39 is 16.1 Å². The predicted molar refractivity (Wildman–Crippen MR) is 75.9 cm³/mol. The van der Waals surface area contributed by atoms with Gasteiger partial charge in [-0.05, 0) is 37.1 Å². The molecule has 1 heterocycles. The summed E-state index contributed by atoms with van der Waals surface area (Å²) in [7, 11) is -3.72. The van der Waals surface area contributed by atoms with Crippen molar-refractivity contribution >= 4 is 15.7 Å². The largest absolute Gasteiger partial charge is 0.398 e. The van der Waals surface area contributed by atoms with Crippen molar-refractivity contribution in [2.24, 2.45) is 0 Å². The van der Waals surface area contributed by atoms with E-state index in [1.807, 2.05) is 13.8 Å². The van der Waals surface area contributed by atoms with Crippen molar-refractivity contribution in [2.45, 2.75) is 24.8 Å². The Kier molecular flexibility index (Phi) is 4.33. The molecule has 0 spiro atoms. The van der Waals surface area contributed by atoms with Crippen LogP contribution in [0.4, 0.5) is 5.69 Å². The molecule has 1 aliphatic heterocycles. The fourth-order valence-electron chi connectivity index (χ4n) is 2.26. The number of aliphatic hydroxyl groups excluding tert-OH is 1. The monoisotopic (exact) mass is 300 g/mol. The van der Waals surface area contributed by atoms with Gasteiger partial charge in [-0.1, -0.05) is 0 Å². The Labute approximate surface area is 119 Å². The maximum absolute atomic E-state index is 12.7. The van der Waals surface area contributed by atoms with Gasteiger partial charge in [0.05, 0.1) is 31.5 Å². The molecule has 0 aliphatic carbocycles. The molecule has 20 heavy (non-hydrogen) atoms. The summed E-state index contributed by atoms with van der Waals surface area (Å²) in [6.07, 6.45) is 0. The van der Waals surface area contributed by atoms with Gasteiger partial charge < -0.3 is 15.6 Å². The van der Waals surface area contributed by atoms with Gasteiger partial charge >= 0.3 is 0 Å². The van der Waals surface area contributed by atoms with E-state index in [4.69, 9.17) is 10.5 Å². The molecule has 0 bridgehead atoms. The van der Waals surface area contributed by atoms with Crippen LogP contribution in [0.5, 0.6) is 0 Å². The molecule has 1 aromatic carbocycles. The van der Waals surface area contributed by atoms with E-state index in [0.717, 1.165) is 11.1 Å². The minimum absolute atomic E-state index is 0.0981. The number of hydrogen-bond acceptors (Lipinski definition) is 5. The number of anilines is 1. The first-order chi connectivity index (χ1) is 9.37. The van der Waals surface area contributed by atoms with Crippen LogP contribution in [-0.4, -0.2) is 50.2 Å². The third kappa shape index (κ3) is 2.67. The highest BCUT2D eigenvalue weighted by molar-refractivity contribution is 7.89. The van der Waals surface area contributed by atoms with Gasteiger partial charge in [0.25, 0.3) is 0 Å². The molecule has 1 aromatic rings. The molecule has 2 rings (SSSR count). The number of nitrogens with zero attached hydrogens (tertiary/aromatic N) is 1. The number of nitrogens with two attached hydrogens (primary N) is 1. The Morgan fingerprint density at radius 3 is 2.70 bits per heavy atom. The number of aliphatic hydroxyl groups is 1. The molecule has 6 nitrogen and oxygen atoms in total. The highest BCUT2D eigenvalue weighted by Gasteiger charge is 2.34. The predicted octanol–water partition coefficient (Wildman–Crippen LogP) is 0.267.